The van der Waals surface area contributed by atoms with Gasteiger partial charge in [-0.25, -0.2) is 0 Å². The Morgan fingerprint density at radius 2 is 1.86 bits per heavy atom. The molecule has 0 aromatic rings. The van der Waals surface area contributed by atoms with E-state index in [0.29, 0.717) is 6.04 Å². The van der Waals surface area contributed by atoms with Gasteiger partial charge in [0, 0.05) is 6.04 Å². The van der Waals surface area contributed by atoms with Crippen molar-refractivity contribution in [2.75, 3.05) is 13.7 Å². The predicted octanol–water partition coefficient (Wildman–Crippen LogP) is 1.55. The lowest BCUT2D eigenvalue weighted by Gasteiger charge is -2.17. The lowest BCUT2D eigenvalue weighted by molar-refractivity contribution is 0.462. The van der Waals surface area contributed by atoms with Gasteiger partial charge in [-0.05, 0) is 27.6 Å². The highest BCUT2D eigenvalue weighted by Crippen LogP contribution is 2.11. The van der Waals surface area contributed by atoms with Crippen molar-refractivity contribution in [2.45, 2.75) is 19.9 Å². The molecule has 0 saturated heterocycles. The molecule has 0 aliphatic rings. The molecule has 2 heteroatoms. The fraction of sp³-hybridized carbons (Fsp3) is 1.00. The third-order valence-electron chi connectivity index (χ3n) is 1.13. The molecule has 0 aromatic heterocycles. The second kappa shape index (κ2) is 3.40. The minimum Gasteiger partial charge on any atom is -0.285 e. The van der Waals surface area contributed by atoms with Gasteiger partial charge in [0.25, 0.3) is 0 Å². The van der Waals surface area contributed by atoms with Gasteiger partial charge in [0.15, 0.2) is 0 Å². The average molecular weight is 119 g/mol. The molecule has 0 rings (SSSR count). The molecule has 0 radical (unpaired) electrons. The van der Waals surface area contributed by atoms with Gasteiger partial charge in [0.05, 0.1) is 0 Å². The van der Waals surface area contributed by atoms with Gasteiger partial charge in [-0.1, -0.05) is 8.73 Å². The maximum atomic E-state index is 2.32. The molecule has 7 heavy (non-hydrogen) atoms. The van der Waals surface area contributed by atoms with Gasteiger partial charge >= 0.3 is 0 Å². The zero-order valence-electron chi connectivity index (χ0n) is 5.52. The van der Waals surface area contributed by atoms with Crippen LogP contribution in [-0.4, -0.2) is 24.4 Å². The fourth-order valence-corrected chi connectivity index (χ4v) is 0.775. The van der Waals surface area contributed by atoms with Crippen LogP contribution >= 0.6 is 8.73 Å². The van der Waals surface area contributed by atoms with Crippen molar-refractivity contribution in [3.05, 3.63) is 0 Å². The Balaban J connectivity index is 3.14. The first-order valence-corrected chi connectivity index (χ1v) is 4.03. The zero-order valence-corrected chi connectivity index (χ0v) is 6.52. The molecule has 0 bridgehead atoms. The number of hydrogen-bond acceptors (Lipinski definition) is 1. The number of nitrogens with zero attached hydrogens (tertiary/aromatic N) is 1. The molecule has 0 saturated carbocycles. The maximum absolute atomic E-state index is 2.32. The number of rotatable bonds is 2. The van der Waals surface area contributed by atoms with Crippen LogP contribution in [-0.2, 0) is 0 Å². The molecular weight excluding hydrogens is 105 g/mol. The van der Waals surface area contributed by atoms with Crippen molar-refractivity contribution in [1.82, 2.24) is 4.67 Å². The van der Waals surface area contributed by atoms with Crippen molar-refractivity contribution in [3.8, 4) is 0 Å². The topological polar surface area (TPSA) is 3.24 Å². The maximum Gasteiger partial charge on any atom is 0.00719 e. The van der Waals surface area contributed by atoms with E-state index in [4.69, 9.17) is 0 Å². The highest BCUT2D eigenvalue weighted by atomic mass is 31.1. The van der Waals surface area contributed by atoms with E-state index < -0.39 is 0 Å². The van der Waals surface area contributed by atoms with Crippen LogP contribution in [0.1, 0.15) is 13.8 Å². The van der Waals surface area contributed by atoms with Crippen molar-refractivity contribution < 1.29 is 0 Å². The lowest BCUT2D eigenvalue weighted by Crippen LogP contribution is -2.15. The highest BCUT2D eigenvalue weighted by Gasteiger charge is 1.95. The van der Waals surface area contributed by atoms with Crippen LogP contribution in [0.15, 0.2) is 0 Å². The van der Waals surface area contributed by atoms with Crippen LogP contribution in [0.3, 0.4) is 0 Å². The molecule has 1 atom stereocenters. The Morgan fingerprint density at radius 3 is 1.86 bits per heavy atom. The molecule has 0 aliphatic carbocycles. The summed E-state index contributed by atoms with van der Waals surface area (Å²) in [5.74, 6) is 0. The summed E-state index contributed by atoms with van der Waals surface area (Å²) in [7, 11) is 3.09. The van der Waals surface area contributed by atoms with Gasteiger partial charge in [0.1, 0.15) is 0 Å². The van der Waals surface area contributed by atoms with Gasteiger partial charge in [-0.2, -0.15) is 0 Å². The minimum absolute atomic E-state index is 0.711. The van der Waals surface area contributed by atoms with E-state index in [9.17, 15) is 0 Å². The molecular formula is C5H14NP. The SMILES string of the molecule is CPN(C)C(C)C. The molecule has 0 fully saturated rings. The van der Waals surface area contributed by atoms with Crippen LogP contribution < -0.4 is 0 Å². The summed E-state index contributed by atoms with van der Waals surface area (Å²) >= 11 is 0. The first-order valence-electron chi connectivity index (χ1n) is 2.58. The van der Waals surface area contributed by atoms with Crippen LogP contribution in [0.5, 0.6) is 0 Å². The molecule has 0 heterocycles. The van der Waals surface area contributed by atoms with E-state index in [1.54, 1.807) is 0 Å². The van der Waals surface area contributed by atoms with Gasteiger partial charge in [-0.15, -0.1) is 0 Å². The monoisotopic (exact) mass is 119 g/mol. The average Bonchev–Trinajstić information content (AvgIpc) is 1.65. The molecule has 0 aromatic carbocycles. The van der Waals surface area contributed by atoms with E-state index in [0.717, 1.165) is 8.73 Å². The van der Waals surface area contributed by atoms with E-state index in [-0.39, 0.29) is 0 Å². The Kier molecular flexibility index (Phi) is 3.59. The molecule has 1 unspecified atom stereocenters. The smallest absolute Gasteiger partial charge is 0.00719 e. The quantitative estimate of drug-likeness (QED) is 0.498. The summed E-state index contributed by atoms with van der Waals surface area (Å²) < 4.78 is 2.32. The Hall–Kier alpha value is 0.390. The Labute approximate surface area is 47.9 Å². The normalized spacial score (nSPS) is 12.9. The molecule has 0 amide bonds. The molecule has 1 nitrogen and oxygen atoms in total. The van der Waals surface area contributed by atoms with Gasteiger partial charge in [-0.3, -0.25) is 4.67 Å². The predicted molar refractivity (Wildman–Crippen MR) is 37.1 cm³/mol. The lowest BCUT2D eigenvalue weighted by atomic mass is 10.4. The summed E-state index contributed by atoms with van der Waals surface area (Å²) in [5, 5.41) is 0. The van der Waals surface area contributed by atoms with E-state index >= 15 is 0 Å². The first-order chi connectivity index (χ1) is 3.18. The van der Waals surface area contributed by atoms with Gasteiger partial charge in [0.2, 0.25) is 0 Å². The standard InChI is InChI=1S/C5H14NP/c1-5(2)6(3)7-4/h5,7H,1-4H3. The number of hydrogen-bond donors (Lipinski definition) is 0. The van der Waals surface area contributed by atoms with Gasteiger partial charge < -0.3 is 0 Å². The van der Waals surface area contributed by atoms with Crippen molar-refractivity contribution in [2.24, 2.45) is 0 Å². The summed E-state index contributed by atoms with van der Waals surface area (Å²) in [5.41, 5.74) is 0. The zero-order chi connectivity index (χ0) is 5.86. The van der Waals surface area contributed by atoms with Crippen LogP contribution in [0.25, 0.3) is 0 Å². The van der Waals surface area contributed by atoms with Crippen molar-refractivity contribution in [3.63, 3.8) is 0 Å². The van der Waals surface area contributed by atoms with E-state index in [2.05, 4.69) is 32.2 Å². The molecule has 44 valence electrons. The van der Waals surface area contributed by atoms with Crippen LogP contribution in [0.2, 0.25) is 0 Å². The first kappa shape index (κ1) is 7.39. The van der Waals surface area contributed by atoms with E-state index in [1.807, 2.05) is 0 Å². The van der Waals surface area contributed by atoms with Crippen molar-refractivity contribution in [1.29, 1.82) is 0 Å². The largest absolute Gasteiger partial charge is 0.285 e. The third-order valence-corrected chi connectivity index (χ3v) is 2.35. The minimum atomic E-state index is 0.711. The summed E-state index contributed by atoms with van der Waals surface area (Å²) in [6, 6.07) is 0.711. The highest BCUT2D eigenvalue weighted by molar-refractivity contribution is 7.34. The van der Waals surface area contributed by atoms with E-state index in [1.165, 1.54) is 0 Å². The van der Waals surface area contributed by atoms with Crippen molar-refractivity contribution >= 4 is 8.73 Å². The third kappa shape index (κ3) is 3.02. The van der Waals surface area contributed by atoms with Crippen LogP contribution in [0.4, 0.5) is 0 Å². The second-order valence-corrected chi connectivity index (χ2v) is 3.08. The van der Waals surface area contributed by atoms with Crippen LogP contribution in [0, 0.1) is 0 Å². The molecule has 0 aliphatic heterocycles. The summed E-state index contributed by atoms with van der Waals surface area (Å²) in [4.78, 5) is 0. The molecule has 0 N–H and O–H groups in total. The summed E-state index contributed by atoms with van der Waals surface area (Å²) in [6.45, 7) is 6.60. The Morgan fingerprint density at radius 1 is 1.43 bits per heavy atom. The fourth-order valence-electron chi connectivity index (χ4n) is 0.258. The summed E-state index contributed by atoms with van der Waals surface area (Å²) in [6.07, 6.45) is 0. The second-order valence-electron chi connectivity index (χ2n) is 1.93. The molecule has 0 spiro atoms. The Bertz CT molecular complexity index is 45.3.